The highest BCUT2D eigenvalue weighted by Gasteiger charge is 2.22. The molecule has 0 amide bonds. The summed E-state index contributed by atoms with van der Waals surface area (Å²) in [5.41, 5.74) is 3.26. The van der Waals surface area contributed by atoms with E-state index in [1.54, 1.807) is 31.3 Å². The third kappa shape index (κ3) is 7.22. The largest absolute Gasteiger partial charge is 0.140 e. The van der Waals surface area contributed by atoms with Crippen molar-refractivity contribution in [3.63, 3.8) is 0 Å². The Labute approximate surface area is 312 Å². The van der Waals surface area contributed by atoms with Gasteiger partial charge in [0.15, 0.2) is 0 Å². The van der Waals surface area contributed by atoms with Crippen LogP contribution in [0.5, 0.6) is 0 Å². The van der Waals surface area contributed by atoms with Gasteiger partial charge < -0.3 is 0 Å². The summed E-state index contributed by atoms with van der Waals surface area (Å²) < 4.78 is 10.3. The minimum atomic E-state index is 1.20. The van der Waals surface area contributed by atoms with E-state index in [0.29, 0.717) is 0 Å². The number of hydrogen-bond donors (Lipinski definition) is 0. The lowest BCUT2D eigenvalue weighted by Crippen LogP contribution is -1.93. The molecule has 6 heterocycles. The zero-order valence-electron chi connectivity index (χ0n) is 27.2. The van der Waals surface area contributed by atoms with Gasteiger partial charge in [-0.15, -0.1) is 68.0 Å². The first-order valence-corrected chi connectivity index (χ1v) is 23.2. The number of fused-ring (bicyclic) bond motifs is 4. The van der Waals surface area contributed by atoms with Crippen LogP contribution in [0, 0.1) is 9.81 Å². The molecule has 0 nitrogen and oxygen atoms in total. The van der Waals surface area contributed by atoms with E-state index in [9.17, 15) is 0 Å². The fourth-order valence-electron chi connectivity index (χ4n) is 6.83. The predicted octanol–water partition coefficient (Wildman–Crippen LogP) is 16.7. The van der Waals surface area contributed by atoms with Gasteiger partial charge in [0.2, 0.25) is 0 Å². The summed E-state index contributed by atoms with van der Waals surface area (Å²) >= 11 is 14.5. The Balaban J connectivity index is 1.32. The Kier molecular flexibility index (Phi) is 11.3. The first-order valence-electron chi connectivity index (χ1n) is 17.2. The van der Waals surface area contributed by atoms with Gasteiger partial charge >= 0.3 is 0 Å². The van der Waals surface area contributed by atoms with Gasteiger partial charge in [-0.25, -0.2) is 0 Å². The van der Waals surface area contributed by atoms with Crippen molar-refractivity contribution in [2.45, 2.75) is 111 Å². The van der Waals surface area contributed by atoms with Crippen LogP contribution < -0.4 is 0 Å². The number of benzene rings is 1. The fraction of sp³-hybridized carbons (Fsp3) is 0.436. The van der Waals surface area contributed by atoms with Crippen molar-refractivity contribution in [3.05, 3.63) is 55.3 Å². The Morgan fingerprint density at radius 3 is 1.39 bits per heavy atom. The monoisotopic (exact) mass is 830 g/mol. The third-order valence-electron chi connectivity index (χ3n) is 9.22. The molecule has 0 aliphatic carbocycles. The number of unbranched alkanes of at least 4 members (excludes halogenated alkanes) is 10. The van der Waals surface area contributed by atoms with Gasteiger partial charge in [0.05, 0.1) is 2.88 Å². The molecular weight excluding hydrogens is 788 g/mol. The number of halogens is 1. The molecule has 0 radical (unpaired) electrons. The van der Waals surface area contributed by atoms with Gasteiger partial charge in [0.1, 0.15) is 0 Å². The van der Waals surface area contributed by atoms with E-state index in [0.717, 1.165) is 0 Å². The molecule has 0 aliphatic rings. The molecule has 0 saturated heterocycles. The number of thiophene rings is 6. The summed E-state index contributed by atoms with van der Waals surface area (Å²) in [4.78, 5) is 7.27. The molecule has 6 aromatic heterocycles. The summed E-state index contributed by atoms with van der Waals surface area (Å²) in [7, 11) is 0. The standard InChI is InChI=1S/C39H43IS6/c1-4-6-8-10-12-14-16-25-27-19-30(33-21-32-29(42-33)18-24(3)41-32)45-38(27)26(17-15-13-11-9-7-5-2)28-20-31(46-39(25)28)34-22-35-36(43-34)23-37(40)44-35/h18-23H,4-17H2,1-3H3. The second-order valence-corrected chi connectivity index (χ2v) is 21.3. The molecule has 0 bridgehead atoms. The summed E-state index contributed by atoms with van der Waals surface area (Å²) in [5.74, 6) is 0. The van der Waals surface area contributed by atoms with Crippen LogP contribution >= 0.6 is 90.6 Å². The second-order valence-electron chi connectivity index (χ2n) is 12.8. The van der Waals surface area contributed by atoms with Gasteiger partial charge in [-0.05, 0) is 113 Å². The highest BCUT2D eigenvalue weighted by molar-refractivity contribution is 14.1. The van der Waals surface area contributed by atoms with E-state index in [-0.39, 0.29) is 0 Å². The minimum absolute atomic E-state index is 1.20. The number of rotatable bonds is 16. The van der Waals surface area contributed by atoms with Crippen LogP contribution in [0.25, 0.3) is 58.5 Å². The summed E-state index contributed by atoms with van der Waals surface area (Å²) in [6.07, 6.45) is 18.6. The van der Waals surface area contributed by atoms with Crippen LogP contribution in [0.1, 0.15) is 107 Å². The highest BCUT2D eigenvalue weighted by atomic mass is 127. The molecular formula is C39H43IS6. The van der Waals surface area contributed by atoms with Crippen molar-refractivity contribution in [1.29, 1.82) is 0 Å². The maximum Gasteiger partial charge on any atom is 0.0674 e. The van der Waals surface area contributed by atoms with Gasteiger partial charge in [0.25, 0.3) is 0 Å². The Morgan fingerprint density at radius 1 is 0.457 bits per heavy atom. The van der Waals surface area contributed by atoms with E-state index in [2.05, 4.69) is 102 Å². The Bertz CT molecular complexity index is 1810. The lowest BCUT2D eigenvalue weighted by Gasteiger charge is -2.12. The fourth-order valence-corrected chi connectivity index (χ4v) is 15.2. The predicted molar refractivity (Wildman–Crippen MR) is 226 cm³/mol. The number of hydrogen-bond acceptors (Lipinski definition) is 6. The van der Waals surface area contributed by atoms with Crippen LogP contribution in [0.15, 0.2) is 36.4 Å². The average molecular weight is 831 g/mol. The van der Waals surface area contributed by atoms with Crippen LogP contribution in [0.2, 0.25) is 0 Å². The topological polar surface area (TPSA) is 0 Å². The lowest BCUT2D eigenvalue weighted by molar-refractivity contribution is 0.608. The maximum atomic E-state index is 2.60. The van der Waals surface area contributed by atoms with Crippen LogP contribution in [-0.4, -0.2) is 0 Å². The molecule has 0 saturated carbocycles. The molecule has 0 fully saturated rings. The zero-order chi connectivity index (χ0) is 31.6. The van der Waals surface area contributed by atoms with Crippen LogP contribution in [-0.2, 0) is 12.8 Å². The van der Waals surface area contributed by atoms with E-state index < -0.39 is 0 Å². The first kappa shape index (κ1) is 33.7. The average Bonchev–Trinajstić information content (AvgIpc) is 3.86. The first-order chi connectivity index (χ1) is 22.5. The Morgan fingerprint density at radius 2 is 0.891 bits per heavy atom. The molecule has 0 spiro atoms. The molecule has 7 heteroatoms. The van der Waals surface area contributed by atoms with Crippen molar-refractivity contribution in [2.24, 2.45) is 0 Å². The summed E-state index contributed by atoms with van der Waals surface area (Å²) in [6.45, 7) is 6.87. The highest BCUT2D eigenvalue weighted by Crippen LogP contribution is 2.50. The van der Waals surface area contributed by atoms with Crippen molar-refractivity contribution in [3.8, 4) is 19.5 Å². The van der Waals surface area contributed by atoms with Gasteiger partial charge in [-0.1, -0.05) is 78.1 Å². The smallest absolute Gasteiger partial charge is 0.0674 e. The molecule has 0 N–H and O–H groups in total. The van der Waals surface area contributed by atoms with Crippen molar-refractivity contribution >= 4 is 130 Å². The van der Waals surface area contributed by atoms with E-state index >= 15 is 0 Å². The van der Waals surface area contributed by atoms with Crippen LogP contribution in [0.4, 0.5) is 0 Å². The van der Waals surface area contributed by atoms with Gasteiger partial charge in [0, 0.05) is 52.6 Å². The zero-order valence-corrected chi connectivity index (χ0v) is 34.2. The molecule has 242 valence electrons. The van der Waals surface area contributed by atoms with E-state index in [1.165, 1.54) is 136 Å². The molecule has 1 aromatic carbocycles. The van der Waals surface area contributed by atoms with E-state index in [1.807, 2.05) is 45.3 Å². The van der Waals surface area contributed by atoms with Gasteiger partial charge in [-0.3, -0.25) is 0 Å². The van der Waals surface area contributed by atoms with Gasteiger partial charge in [-0.2, -0.15) is 0 Å². The molecule has 0 atom stereocenters. The number of aryl methyl sites for hydroxylation is 3. The molecule has 7 aromatic rings. The maximum absolute atomic E-state index is 2.60. The van der Waals surface area contributed by atoms with Crippen molar-refractivity contribution in [1.82, 2.24) is 0 Å². The normalized spacial score (nSPS) is 12.3. The Hall–Kier alpha value is -0.810. The SMILES string of the molecule is CCCCCCCCc1c2cc(-c3cc4sc(I)cc4s3)sc2c(CCCCCCCC)c2cc(-c3cc4sc(C)cc4s3)sc12. The lowest BCUT2D eigenvalue weighted by atomic mass is 9.94. The quantitative estimate of drug-likeness (QED) is 0.0672. The van der Waals surface area contributed by atoms with Crippen LogP contribution in [0.3, 0.4) is 0 Å². The molecule has 46 heavy (non-hydrogen) atoms. The second kappa shape index (κ2) is 15.4. The summed E-state index contributed by atoms with van der Waals surface area (Å²) in [5, 5.41) is 3.12. The van der Waals surface area contributed by atoms with E-state index in [4.69, 9.17) is 0 Å². The summed E-state index contributed by atoms with van der Waals surface area (Å²) in [6, 6.07) is 14.9. The molecule has 7 rings (SSSR count). The molecule has 0 unspecified atom stereocenters. The minimum Gasteiger partial charge on any atom is -0.140 e. The van der Waals surface area contributed by atoms with Crippen molar-refractivity contribution < 1.29 is 0 Å². The van der Waals surface area contributed by atoms with Crippen molar-refractivity contribution in [2.75, 3.05) is 0 Å². The third-order valence-corrected chi connectivity index (χ3v) is 17.3. The molecule has 0 aliphatic heterocycles.